The van der Waals surface area contributed by atoms with Gasteiger partial charge in [0.15, 0.2) is 17.6 Å². The highest BCUT2D eigenvalue weighted by atomic mass is 16.7. The van der Waals surface area contributed by atoms with E-state index in [2.05, 4.69) is 20.0 Å². The topological polar surface area (TPSA) is 95.4 Å². The molecule has 0 radical (unpaired) electrons. The number of esters is 1. The van der Waals surface area contributed by atoms with Gasteiger partial charge in [0, 0.05) is 38.3 Å². The third-order valence-corrected chi connectivity index (χ3v) is 4.97. The van der Waals surface area contributed by atoms with Crippen molar-refractivity contribution in [2.75, 3.05) is 37.8 Å². The Bertz CT molecular complexity index is 675. The van der Waals surface area contributed by atoms with Gasteiger partial charge in [-0.25, -0.2) is 14.8 Å². The predicted octanol–water partition coefficient (Wildman–Crippen LogP) is 0.754. The minimum Gasteiger partial charge on any atom is -0.461 e. The Morgan fingerprint density at radius 1 is 1.27 bits per heavy atom. The molecule has 0 amide bonds. The molecule has 2 saturated heterocycles. The van der Waals surface area contributed by atoms with Crippen molar-refractivity contribution in [1.82, 2.24) is 9.97 Å². The van der Waals surface area contributed by atoms with Crippen LogP contribution in [-0.2, 0) is 23.8 Å². The van der Waals surface area contributed by atoms with Gasteiger partial charge in [-0.05, 0) is 13.0 Å². The van der Waals surface area contributed by atoms with Crippen molar-refractivity contribution >= 4 is 17.6 Å². The summed E-state index contributed by atoms with van der Waals surface area (Å²) in [5.41, 5.74) is 0.285. The molecule has 1 aromatic heterocycles. The average molecular weight is 362 g/mol. The maximum atomic E-state index is 12.0. The normalized spacial score (nSPS) is 27.3. The SMILES string of the molecule is CCOC(=O)C1=NO[C@H]2COC3(CCN(c4ncccn4)CC3)OC[C@@H]12. The van der Waals surface area contributed by atoms with Gasteiger partial charge in [-0.3, -0.25) is 0 Å². The van der Waals surface area contributed by atoms with Gasteiger partial charge in [-0.2, -0.15) is 0 Å². The number of carbonyl (C=O) groups is 1. The fourth-order valence-corrected chi connectivity index (χ4v) is 3.48. The number of oxime groups is 1. The highest BCUT2D eigenvalue weighted by Crippen LogP contribution is 2.35. The minimum absolute atomic E-state index is 0.260. The number of nitrogens with zero attached hydrogens (tertiary/aromatic N) is 4. The molecule has 4 rings (SSSR count). The lowest BCUT2D eigenvalue weighted by molar-refractivity contribution is -0.240. The van der Waals surface area contributed by atoms with E-state index in [1.54, 1.807) is 25.4 Å². The number of rotatable bonds is 3. The van der Waals surface area contributed by atoms with E-state index in [1.165, 1.54) is 0 Å². The monoisotopic (exact) mass is 362 g/mol. The number of fused-ring (bicyclic) bond motifs is 1. The molecule has 140 valence electrons. The zero-order chi connectivity index (χ0) is 18.0. The summed E-state index contributed by atoms with van der Waals surface area (Å²) in [6.07, 6.45) is 4.54. The highest BCUT2D eigenvalue weighted by molar-refractivity contribution is 6.37. The van der Waals surface area contributed by atoms with Gasteiger partial charge in [0.05, 0.1) is 25.7 Å². The van der Waals surface area contributed by atoms with E-state index in [-0.39, 0.29) is 17.7 Å². The number of hydrogen-bond donors (Lipinski definition) is 0. The molecule has 0 bridgehead atoms. The molecule has 9 nitrogen and oxygen atoms in total. The molecule has 1 spiro atoms. The van der Waals surface area contributed by atoms with Crippen LogP contribution in [0.3, 0.4) is 0 Å². The van der Waals surface area contributed by atoms with Crippen LogP contribution in [0.25, 0.3) is 0 Å². The summed E-state index contributed by atoms with van der Waals surface area (Å²) in [6.45, 7) is 4.19. The smallest absolute Gasteiger partial charge is 0.356 e. The molecule has 0 saturated carbocycles. The number of aromatic nitrogens is 2. The van der Waals surface area contributed by atoms with Crippen molar-refractivity contribution in [3.63, 3.8) is 0 Å². The summed E-state index contributed by atoms with van der Waals surface area (Å²) in [4.78, 5) is 28.1. The number of carbonyl (C=O) groups excluding carboxylic acids is 1. The summed E-state index contributed by atoms with van der Waals surface area (Å²) in [5.74, 6) is -0.661. The summed E-state index contributed by atoms with van der Waals surface area (Å²) in [7, 11) is 0. The Labute approximate surface area is 151 Å². The first kappa shape index (κ1) is 17.2. The summed E-state index contributed by atoms with van der Waals surface area (Å²) in [6, 6.07) is 1.80. The van der Waals surface area contributed by atoms with E-state index in [9.17, 15) is 4.79 Å². The van der Waals surface area contributed by atoms with Crippen LogP contribution in [0.5, 0.6) is 0 Å². The second kappa shape index (κ2) is 7.16. The lowest BCUT2D eigenvalue weighted by Gasteiger charge is -2.40. The summed E-state index contributed by atoms with van der Waals surface area (Å²) < 4.78 is 17.3. The van der Waals surface area contributed by atoms with Crippen LogP contribution in [0.1, 0.15) is 19.8 Å². The van der Waals surface area contributed by atoms with Gasteiger partial charge in [-0.1, -0.05) is 5.16 Å². The lowest BCUT2D eigenvalue weighted by atomic mass is 9.99. The molecule has 2 fully saturated rings. The molecule has 3 aliphatic heterocycles. The van der Waals surface area contributed by atoms with Crippen molar-refractivity contribution in [3.8, 4) is 0 Å². The summed E-state index contributed by atoms with van der Waals surface area (Å²) in [5, 5.41) is 3.88. The molecule has 0 aromatic carbocycles. The van der Waals surface area contributed by atoms with Crippen LogP contribution in [0.2, 0.25) is 0 Å². The number of piperidine rings is 1. The van der Waals surface area contributed by atoms with Gasteiger partial charge in [0.1, 0.15) is 0 Å². The Morgan fingerprint density at radius 3 is 2.73 bits per heavy atom. The van der Waals surface area contributed by atoms with Crippen molar-refractivity contribution in [2.24, 2.45) is 11.1 Å². The van der Waals surface area contributed by atoms with Crippen molar-refractivity contribution < 1.29 is 23.8 Å². The first-order valence-corrected chi connectivity index (χ1v) is 8.91. The molecule has 26 heavy (non-hydrogen) atoms. The van der Waals surface area contributed by atoms with E-state index in [4.69, 9.17) is 19.0 Å². The van der Waals surface area contributed by atoms with Gasteiger partial charge in [-0.15, -0.1) is 0 Å². The highest BCUT2D eigenvalue weighted by Gasteiger charge is 2.47. The van der Waals surface area contributed by atoms with Gasteiger partial charge < -0.3 is 23.9 Å². The standard InChI is InChI=1S/C17H22N4O5/c1-2-23-15(22)14-12-10-24-17(25-11-13(12)26-20-14)4-8-21(9-5-17)16-18-6-3-7-19-16/h3,6-7,12-13H,2,4-5,8-11H2,1H3/t12-,13+/m1/s1. The minimum atomic E-state index is -0.668. The molecule has 9 heteroatoms. The summed E-state index contributed by atoms with van der Waals surface area (Å²) >= 11 is 0. The molecule has 2 atom stereocenters. The fraction of sp³-hybridized carbons (Fsp3) is 0.647. The molecule has 3 aliphatic rings. The van der Waals surface area contributed by atoms with E-state index < -0.39 is 11.8 Å². The second-order valence-electron chi connectivity index (χ2n) is 6.52. The average Bonchev–Trinajstić information content (AvgIpc) is 3.02. The Morgan fingerprint density at radius 2 is 2.00 bits per heavy atom. The van der Waals surface area contributed by atoms with Crippen LogP contribution < -0.4 is 4.90 Å². The molecule has 4 heterocycles. The van der Waals surface area contributed by atoms with E-state index in [0.29, 0.717) is 38.6 Å². The van der Waals surface area contributed by atoms with Crippen molar-refractivity contribution in [3.05, 3.63) is 18.5 Å². The molecular weight excluding hydrogens is 340 g/mol. The molecule has 0 N–H and O–H groups in total. The van der Waals surface area contributed by atoms with Crippen LogP contribution in [0, 0.1) is 5.92 Å². The van der Waals surface area contributed by atoms with Crippen LogP contribution in [0.15, 0.2) is 23.6 Å². The van der Waals surface area contributed by atoms with Gasteiger partial charge >= 0.3 is 5.97 Å². The Kier molecular flexibility index (Phi) is 4.73. The third kappa shape index (κ3) is 3.24. The zero-order valence-electron chi connectivity index (χ0n) is 14.7. The second-order valence-corrected chi connectivity index (χ2v) is 6.52. The zero-order valence-corrected chi connectivity index (χ0v) is 14.7. The first-order chi connectivity index (χ1) is 12.7. The van der Waals surface area contributed by atoms with E-state index in [0.717, 1.165) is 13.1 Å². The molecule has 1 aromatic rings. The number of anilines is 1. The lowest BCUT2D eigenvalue weighted by Crippen LogP contribution is -2.48. The van der Waals surface area contributed by atoms with E-state index >= 15 is 0 Å². The fourth-order valence-electron chi connectivity index (χ4n) is 3.48. The van der Waals surface area contributed by atoms with Gasteiger partial charge in [0.2, 0.25) is 5.95 Å². The molecular formula is C17H22N4O5. The predicted molar refractivity (Wildman–Crippen MR) is 90.5 cm³/mol. The number of ether oxygens (including phenoxy) is 3. The maximum Gasteiger partial charge on any atom is 0.356 e. The van der Waals surface area contributed by atoms with Crippen LogP contribution >= 0.6 is 0 Å². The quantitative estimate of drug-likeness (QED) is 0.727. The number of hydrogen-bond acceptors (Lipinski definition) is 9. The van der Waals surface area contributed by atoms with Crippen LogP contribution in [-0.4, -0.2) is 66.5 Å². The van der Waals surface area contributed by atoms with Crippen molar-refractivity contribution in [1.29, 1.82) is 0 Å². The first-order valence-electron chi connectivity index (χ1n) is 8.91. The third-order valence-electron chi connectivity index (χ3n) is 4.97. The Balaban J connectivity index is 1.39. The molecule has 0 unspecified atom stereocenters. The van der Waals surface area contributed by atoms with Gasteiger partial charge in [0.25, 0.3) is 0 Å². The maximum absolute atomic E-state index is 12.0. The largest absolute Gasteiger partial charge is 0.461 e. The van der Waals surface area contributed by atoms with Crippen LogP contribution in [0.4, 0.5) is 5.95 Å². The van der Waals surface area contributed by atoms with E-state index in [1.807, 2.05) is 0 Å². The molecule has 0 aliphatic carbocycles. The Hall–Kier alpha value is -2.26. The van der Waals surface area contributed by atoms with Crippen molar-refractivity contribution in [2.45, 2.75) is 31.7 Å².